The van der Waals surface area contributed by atoms with Gasteiger partial charge >= 0.3 is 6.09 Å². The molecule has 6 N–H and O–H groups in total. The smallest absolute Gasteiger partial charge is 0.414 e. The van der Waals surface area contributed by atoms with Crippen LogP contribution in [0.2, 0.25) is 0 Å². The number of methoxy groups -OCH3 is 1. The van der Waals surface area contributed by atoms with Gasteiger partial charge in [0.15, 0.2) is 5.84 Å². The van der Waals surface area contributed by atoms with Crippen LogP contribution in [0.4, 0.5) is 13.6 Å². The number of rotatable bonds is 8. The zero-order chi connectivity index (χ0) is 30.7. The fraction of sp³-hybridized carbons (Fsp3) is 0.0968. The van der Waals surface area contributed by atoms with E-state index in [1.54, 1.807) is 18.2 Å². The molecule has 12 heteroatoms. The predicted molar refractivity (Wildman–Crippen MR) is 161 cm³/mol. The lowest BCUT2D eigenvalue weighted by atomic mass is 10.0. The number of hydrogen-bond acceptors (Lipinski definition) is 7. The highest BCUT2D eigenvalue weighted by Gasteiger charge is 2.26. The minimum atomic E-state index is -0.789. The van der Waals surface area contributed by atoms with Crippen LogP contribution >= 0.6 is 0 Å². The molecule has 5 aromatic rings. The summed E-state index contributed by atoms with van der Waals surface area (Å²) < 4.78 is 34.9. The minimum absolute atomic E-state index is 0.00340. The third-order valence-electron chi connectivity index (χ3n) is 6.76. The standard InChI is InChI=1S/C31H28F2N8O2/c1-18(41-26-15-22(32)16-37-27(26)25(39-41)14-20-9-4-6-13-24(20)33)38-30(36)28(29(34)35)40(31(42)43-2)17-21-11-7-10-19-8-3-5-12-23(19)21/h3-13,15-16H,1,14,17,34-35H2,2H3,(H2,36,38). The van der Waals surface area contributed by atoms with Gasteiger partial charge in [-0.25, -0.2) is 28.2 Å². The van der Waals surface area contributed by atoms with Crippen molar-refractivity contribution in [2.75, 3.05) is 7.11 Å². The second-order valence-electron chi connectivity index (χ2n) is 9.56. The van der Waals surface area contributed by atoms with E-state index in [1.807, 2.05) is 42.5 Å². The summed E-state index contributed by atoms with van der Waals surface area (Å²) in [5.74, 6) is -1.70. The molecular weight excluding hydrogens is 554 g/mol. The van der Waals surface area contributed by atoms with Crippen LogP contribution in [0, 0.1) is 11.6 Å². The number of halogens is 2. The molecule has 0 radical (unpaired) electrons. The number of aromatic nitrogens is 3. The fourth-order valence-electron chi connectivity index (χ4n) is 4.80. The zero-order valence-electron chi connectivity index (χ0n) is 23.2. The number of ether oxygens (including phenoxy) is 1. The minimum Gasteiger partial charge on any atom is -0.452 e. The number of carbonyl (C=O) groups is 1. The number of pyridine rings is 1. The fourth-order valence-corrected chi connectivity index (χ4v) is 4.80. The van der Waals surface area contributed by atoms with Gasteiger partial charge in [0, 0.05) is 12.5 Å². The number of aliphatic imine (C=N–C) groups is 1. The Morgan fingerprint density at radius 1 is 1.02 bits per heavy atom. The van der Waals surface area contributed by atoms with Crippen molar-refractivity contribution in [1.29, 1.82) is 0 Å². The molecule has 0 atom stereocenters. The molecule has 5 rings (SSSR count). The molecule has 1 amide bonds. The van der Waals surface area contributed by atoms with Crippen LogP contribution in [0.5, 0.6) is 0 Å². The molecule has 0 aliphatic heterocycles. The first-order valence-corrected chi connectivity index (χ1v) is 13.1. The molecule has 10 nitrogen and oxygen atoms in total. The summed E-state index contributed by atoms with van der Waals surface area (Å²) in [6, 6.07) is 20.7. The maximum absolute atomic E-state index is 14.4. The van der Waals surface area contributed by atoms with Crippen LogP contribution in [-0.2, 0) is 17.7 Å². The number of nitrogens with two attached hydrogens (primary N) is 3. The van der Waals surface area contributed by atoms with E-state index in [-0.39, 0.29) is 41.7 Å². The molecular formula is C31H28F2N8O2. The summed E-state index contributed by atoms with van der Waals surface area (Å²) in [7, 11) is 1.21. The van der Waals surface area contributed by atoms with Gasteiger partial charge in [0.2, 0.25) is 0 Å². The Bertz CT molecular complexity index is 1920. The van der Waals surface area contributed by atoms with Crippen molar-refractivity contribution in [3.05, 3.63) is 126 Å². The SMILES string of the molecule is C=C(N=C(N)C(=C(N)N)N(Cc1cccc2ccccc12)C(=O)OC)n1nc(Cc2ccccc2F)c2ncc(F)cc21. The van der Waals surface area contributed by atoms with Gasteiger partial charge in [-0.05, 0) is 28.0 Å². The number of fused-ring (bicyclic) bond motifs is 2. The van der Waals surface area contributed by atoms with E-state index in [4.69, 9.17) is 21.9 Å². The Morgan fingerprint density at radius 3 is 2.47 bits per heavy atom. The third-order valence-corrected chi connectivity index (χ3v) is 6.76. The molecule has 3 aromatic carbocycles. The number of nitrogens with zero attached hydrogens (tertiary/aromatic N) is 5. The highest BCUT2D eigenvalue weighted by Crippen LogP contribution is 2.26. The molecule has 0 aliphatic rings. The van der Waals surface area contributed by atoms with Crippen LogP contribution < -0.4 is 17.2 Å². The molecule has 43 heavy (non-hydrogen) atoms. The molecule has 0 spiro atoms. The first kappa shape index (κ1) is 28.7. The van der Waals surface area contributed by atoms with E-state index in [2.05, 4.69) is 21.7 Å². The molecule has 2 aromatic heterocycles. The maximum atomic E-state index is 14.4. The molecule has 0 bridgehead atoms. The van der Waals surface area contributed by atoms with Crippen LogP contribution in [0.25, 0.3) is 27.6 Å². The predicted octanol–water partition coefficient (Wildman–Crippen LogP) is 4.59. The van der Waals surface area contributed by atoms with Crippen molar-refractivity contribution in [3.63, 3.8) is 0 Å². The largest absolute Gasteiger partial charge is 0.452 e. The molecule has 0 unspecified atom stereocenters. The Kier molecular flexibility index (Phi) is 8.01. The highest BCUT2D eigenvalue weighted by atomic mass is 19.1. The van der Waals surface area contributed by atoms with E-state index >= 15 is 0 Å². The van der Waals surface area contributed by atoms with Gasteiger partial charge in [-0.2, -0.15) is 5.10 Å². The summed E-state index contributed by atoms with van der Waals surface area (Å²) >= 11 is 0. The topological polar surface area (TPSA) is 151 Å². The van der Waals surface area contributed by atoms with Gasteiger partial charge in [-0.1, -0.05) is 67.2 Å². The third kappa shape index (κ3) is 5.84. The van der Waals surface area contributed by atoms with Crippen LogP contribution in [0.1, 0.15) is 16.8 Å². The molecule has 0 fully saturated rings. The molecule has 0 aliphatic carbocycles. The van der Waals surface area contributed by atoms with E-state index in [0.29, 0.717) is 16.8 Å². The molecule has 0 saturated heterocycles. The lowest BCUT2D eigenvalue weighted by molar-refractivity contribution is 0.135. The van der Waals surface area contributed by atoms with Crippen molar-refractivity contribution >= 4 is 39.6 Å². The van der Waals surface area contributed by atoms with Crippen molar-refractivity contribution in [3.8, 4) is 0 Å². The average molecular weight is 583 g/mol. The van der Waals surface area contributed by atoms with Crippen LogP contribution in [0.3, 0.4) is 0 Å². The van der Waals surface area contributed by atoms with Crippen molar-refractivity contribution in [2.45, 2.75) is 13.0 Å². The molecule has 218 valence electrons. The summed E-state index contributed by atoms with van der Waals surface area (Å²) in [5, 5.41) is 6.36. The number of amidine groups is 1. The molecule has 2 heterocycles. The Hall–Kier alpha value is -5.78. The van der Waals surface area contributed by atoms with Crippen LogP contribution in [-0.4, -0.2) is 38.7 Å². The normalized spacial score (nSPS) is 11.5. The van der Waals surface area contributed by atoms with E-state index in [0.717, 1.165) is 27.4 Å². The average Bonchev–Trinajstić information content (AvgIpc) is 3.34. The lowest BCUT2D eigenvalue weighted by Crippen LogP contribution is -2.39. The summed E-state index contributed by atoms with van der Waals surface area (Å²) in [6.07, 6.45) is 0.323. The first-order valence-electron chi connectivity index (χ1n) is 13.1. The summed E-state index contributed by atoms with van der Waals surface area (Å²) in [6.45, 7) is 3.94. The summed E-state index contributed by atoms with van der Waals surface area (Å²) in [5.41, 5.74) is 20.4. The van der Waals surface area contributed by atoms with E-state index in [1.165, 1.54) is 23.9 Å². The molecule has 0 saturated carbocycles. The first-order chi connectivity index (χ1) is 20.7. The zero-order valence-corrected chi connectivity index (χ0v) is 23.2. The number of hydrogen-bond donors (Lipinski definition) is 3. The maximum Gasteiger partial charge on any atom is 0.414 e. The van der Waals surface area contributed by atoms with Crippen LogP contribution in [0.15, 0.2) is 102 Å². The van der Waals surface area contributed by atoms with Gasteiger partial charge < -0.3 is 21.9 Å². The highest BCUT2D eigenvalue weighted by molar-refractivity contribution is 6.02. The Morgan fingerprint density at radius 2 is 1.72 bits per heavy atom. The van der Waals surface area contributed by atoms with Crippen molar-refractivity contribution < 1.29 is 18.3 Å². The summed E-state index contributed by atoms with van der Waals surface area (Å²) in [4.78, 5) is 22.7. The monoisotopic (exact) mass is 582 g/mol. The Labute approximate surface area is 245 Å². The van der Waals surface area contributed by atoms with Gasteiger partial charge in [0.1, 0.15) is 34.5 Å². The second kappa shape index (κ2) is 12.0. The van der Waals surface area contributed by atoms with Gasteiger partial charge in [-0.15, -0.1) is 0 Å². The van der Waals surface area contributed by atoms with E-state index in [9.17, 15) is 13.6 Å². The number of benzene rings is 3. The quantitative estimate of drug-likeness (QED) is 0.179. The Balaban J connectivity index is 1.54. The van der Waals surface area contributed by atoms with Crippen molar-refractivity contribution in [1.82, 2.24) is 19.7 Å². The van der Waals surface area contributed by atoms with Gasteiger partial charge in [0.05, 0.1) is 31.1 Å². The lowest BCUT2D eigenvalue weighted by Gasteiger charge is -2.25. The van der Waals surface area contributed by atoms with Gasteiger partial charge in [0.25, 0.3) is 0 Å². The van der Waals surface area contributed by atoms with E-state index < -0.39 is 17.7 Å². The number of carbonyl (C=O) groups excluding carboxylic acids is 1. The van der Waals surface area contributed by atoms with Crippen molar-refractivity contribution in [2.24, 2.45) is 22.2 Å². The number of amides is 1. The second-order valence-corrected chi connectivity index (χ2v) is 9.56. The van der Waals surface area contributed by atoms with Gasteiger partial charge in [-0.3, -0.25) is 4.90 Å².